The second kappa shape index (κ2) is 5.87. The standard InChI is InChI=1S/C13H16N2/c1-3-4-8-13(11-14)15(2)12-9-6-5-7-10-12/h5-10H,3-4H2,1-2H3/b13-8-. The molecule has 2 heteroatoms. The second-order valence-electron chi connectivity index (χ2n) is 3.38. The van der Waals surface area contributed by atoms with Gasteiger partial charge < -0.3 is 4.90 Å². The summed E-state index contributed by atoms with van der Waals surface area (Å²) in [6.45, 7) is 2.11. The molecule has 0 unspecified atom stereocenters. The Morgan fingerprint density at radius 3 is 2.60 bits per heavy atom. The molecule has 0 spiro atoms. The van der Waals surface area contributed by atoms with Crippen molar-refractivity contribution in [2.75, 3.05) is 11.9 Å². The first-order valence-electron chi connectivity index (χ1n) is 5.18. The summed E-state index contributed by atoms with van der Waals surface area (Å²) in [7, 11) is 1.92. The van der Waals surface area contributed by atoms with Gasteiger partial charge in [0, 0.05) is 12.7 Å². The molecule has 0 aliphatic rings. The molecule has 0 saturated carbocycles. The smallest absolute Gasteiger partial charge is 0.117 e. The van der Waals surface area contributed by atoms with Crippen molar-refractivity contribution in [2.45, 2.75) is 19.8 Å². The number of para-hydroxylation sites is 1. The normalized spacial score (nSPS) is 10.9. The Kier molecular flexibility index (Phi) is 4.43. The third-order valence-electron chi connectivity index (χ3n) is 2.25. The van der Waals surface area contributed by atoms with Gasteiger partial charge in [0.25, 0.3) is 0 Å². The van der Waals surface area contributed by atoms with E-state index >= 15 is 0 Å². The average Bonchev–Trinajstić information content (AvgIpc) is 2.31. The molecule has 1 aromatic carbocycles. The number of hydrogen-bond acceptors (Lipinski definition) is 2. The molecule has 0 heterocycles. The van der Waals surface area contributed by atoms with E-state index in [0.29, 0.717) is 5.70 Å². The number of rotatable bonds is 4. The zero-order valence-corrected chi connectivity index (χ0v) is 9.27. The summed E-state index contributed by atoms with van der Waals surface area (Å²) in [6.07, 6.45) is 3.99. The topological polar surface area (TPSA) is 27.0 Å². The first-order chi connectivity index (χ1) is 7.29. The Morgan fingerprint density at radius 1 is 1.40 bits per heavy atom. The van der Waals surface area contributed by atoms with Gasteiger partial charge in [-0.2, -0.15) is 5.26 Å². The van der Waals surface area contributed by atoms with E-state index in [0.717, 1.165) is 18.5 Å². The molecular weight excluding hydrogens is 184 g/mol. The Morgan fingerprint density at radius 2 is 2.07 bits per heavy atom. The third-order valence-corrected chi connectivity index (χ3v) is 2.25. The molecule has 0 aliphatic carbocycles. The molecule has 78 valence electrons. The van der Waals surface area contributed by atoms with E-state index in [4.69, 9.17) is 5.26 Å². The molecule has 0 fully saturated rings. The average molecular weight is 200 g/mol. The van der Waals surface area contributed by atoms with Gasteiger partial charge in [-0.3, -0.25) is 0 Å². The van der Waals surface area contributed by atoms with Crippen LogP contribution in [0.2, 0.25) is 0 Å². The lowest BCUT2D eigenvalue weighted by Gasteiger charge is -2.17. The molecule has 1 aromatic rings. The van der Waals surface area contributed by atoms with Crippen LogP contribution >= 0.6 is 0 Å². The molecule has 1 rings (SSSR count). The fourth-order valence-corrected chi connectivity index (χ4v) is 1.33. The zero-order valence-electron chi connectivity index (χ0n) is 9.27. The number of hydrogen-bond donors (Lipinski definition) is 0. The SMILES string of the molecule is CCC/C=C(/C#N)N(C)c1ccccc1. The molecule has 0 amide bonds. The predicted octanol–water partition coefficient (Wildman–Crippen LogP) is 3.33. The van der Waals surface area contributed by atoms with Crippen molar-refractivity contribution in [3.05, 3.63) is 42.1 Å². The largest absolute Gasteiger partial charge is 0.336 e. The molecule has 15 heavy (non-hydrogen) atoms. The molecule has 0 saturated heterocycles. The van der Waals surface area contributed by atoms with Crippen molar-refractivity contribution in [2.24, 2.45) is 0 Å². The van der Waals surface area contributed by atoms with Crippen LogP contribution in [-0.4, -0.2) is 7.05 Å². The van der Waals surface area contributed by atoms with Gasteiger partial charge in [-0.15, -0.1) is 0 Å². The highest BCUT2D eigenvalue weighted by molar-refractivity contribution is 5.54. The molecular formula is C13H16N2. The van der Waals surface area contributed by atoms with E-state index in [9.17, 15) is 0 Å². The summed E-state index contributed by atoms with van der Waals surface area (Å²) in [5.41, 5.74) is 1.75. The van der Waals surface area contributed by atoms with E-state index in [1.165, 1.54) is 0 Å². The minimum absolute atomic E-state index is 0.711. The predicted molar refractivity (Wildman–Crippen MR) is 63.4 cm³/mol. The Hall–Kier alpha value is -1.75. The highest BCUT2D eigenvalue weighted by atomic mass is 15.1. The van der Waals surface area contributed by atoms with Crippen LogP contribution in [0.25, 0.3) is 0 Å². The minimum atomic E-state index is 0.711. The van der Waals surface area contributed by atoms with Crippen LogP contribution in [0, 0.1) is 11.3 Å². The van der Waals surface area contributed by atoms with Crippen LogP contribution in [0.4, 0.5) is 5.69 Å². The summed E-state index contributed by atoms with van der Waals surface area (Å²) in [4.78, 5) is 1.91. The number of benzene rings is 1. The summed E-state index contributed by atoms with van der Waals surface area (Å²) >= 11 is 0. The fraction of sp³-hybridized carbons (Fsp3) is 0.308. The zero-order chi connectivity index (χ0) is 11.1. The van der Waals surface area contributed by atoms with E-state index in [-0.39, 0.29) is 0 Å². The van der Waals surface area contributed by atoms with E-state index in [1.807, 2.05) is 48.4 Å². The first-order valence-corrected chi connectivity index (χ1v) is 5.18. The lowest BCUT2D eigenvalue weighted by molar-refractivity contribution is 0.943. The van der Waals surface area contributed by atoms with Crippen molar-refractivity contribution >= 4 is 5.69 Å². The molecule has 0 atom stereocenters. The summed E-state index contributed by atoms with van der Waals surface area (Å²) in [5, 5.41) is 9.02. The maximum Gasteiger partial charge on any atom is 0.117 e. The van der Waals surface area contributed by atoms with E-state index in [1.54, 1.807) is 0 Å². The van der Waals surface area contributed by atoms with Gasteiger partial charge in [0.15, 0.2) is 0 Å². The van der Waals surface area contributed by atoms with Crippen LogP contribution in [0.3, 0.4) is 0 Å². The highest BCUT2D eigenvalue weighted by Crippen LogP contribution is 2.16. The van der Waals surface area contributed by atoms with Gasteiger partial charge in [-0.25, -0.2) is 0 Å². The molecule has 2 nitrogen and oxygen atoms in total. The fourth-order valence-electron chi connectivity index (χ4n) is 1.33. The van der Waals surface area contributed by atoms with E-state index in [2.05, 4.69) is 13.0 Å². The van der Waals surface area contributed by atoms with Crippen molar-refractivity contribution in [3.63, 3.8) is 0 Å². The van der Waals surface area contributed by atoms with Gasteiger partial charge in [-0.1, -0.05) is 31.5 Å². The lowest BCUT2D eigenvalue weighted by atomic mass is 10.2. The van der Waals surface area contributed by atoms with Crippen molar-refractivity contribution < 1.29 is 0 Å². The quantitative estimate of drug-likeness (QED) is 0.697. The van der Waals surface area contributed by atoms with Gasteiger partial charge in [0.2, 0.25) is 0 Å². The molecule has 0 bridgehead atoms. The van der Waals surface area contributed by atoms with Gasteiger partial charge in [0.05, 0.1) is 0 Å². The van der Waals surface area contributed by atoms with Crippen LogP contribution in [0.5, 0.6) is 0 Å². The van der Waals surface area contributed by atoms with Crippen LogP contribution < -0.4 is 4.90 Å². The molecule has 0 N–H and O–H groups in total. The van der Waals surface area contributed by atoms with Gasteiger partial charge in [-0.05, 0) is 24.6 Å². The van der Waals surface area contributed by atoms with Crippen LogP contribution in [-0.2, 0) is 0 Å². The van der Waals surface area contributed by atoms with Gasteiger partial charge >= 0.3 is 0 Å². The number of unbranched alkanes of at least 4 members (excludes halogenated alkanes) is 1. The lowest BCUT2D eigenvalue weighted by Crippen LogP contribution is -2.14. The van der Waals surface area contributed by atoms with Crippen molar-refractivity contribution in [3.8, 4) is 6.07 Å². The maximum absolute atomic E-state index is 9.02. The minimum Gasteiger partial charge on any atom is -0.336 e. The number of nitriles is 1. The summed E-state index contributed by atoms with van der Waals surface area (Å²) < 4.78 is 0. The Labute approximate surface area is 91.4 Å². The molecule has 0 aromatic heterocycles. The molecule has 0 radical (unpaired) electrons. The molecule has 0 aliphatic heterocycles. The van der Waals surface area contributed by atoms with E-state index < -0.39 is 0 Å². The van der Waals surface area contributed by atoms with Crippen LogP contribution in [0.15, 0.2) is 42.1 Å². The monoisotopic (exact) mass is 200 g/mol. The van der Waals surface area contributed by atoms with Crippen molar-refractivity contribution in [1.29, 1.82) is 5.26 Å². The summed E-state index contributed by atoms with van der Waals surface area (Å²) in [5.74, 6) is 0. The number of nitrogens with zero attached hydrogens (tertiary/aromatic N) is 2. The second-order valence-corrected chi connectivity index (χ2v) is 3.38. The Bertz CT molecular complexity index is 360. The third kappa shape index (κ3) is 3.14. The number of anilines is 1. The van der Waals surface area contributed by atoms with Gasteiger partial charge in [0.1, 0.15) is 11.8 Å². The number of allylic oxidation sites excluding steroid dienone is 2. The van der Waals surface area contributed by atoms with Crippen molar-refractivity contribution in [1.82, 2.24) is 0 Å². The maximum atomic E-state index is 9.02. The summed E-state index contributed by atoms with van der Waals surface area (Å²) in [6, 6.07) is 12.1. The highest BCUT2D eigenvalue weighted by Gasteiger charge is 2.04. The Balaban J connectivity index is 2.84. The first kappa shape index (κ1) is 11.3. The van der Waals surface area contributed by atoms with Crippen LogP contribution in [0.1, 0.15) is 19.8 Å².